The maximum Gasteiger partial charge on any atom is 0.242 e. The van der Waals surface area contributed by atoms with Gasteiger partial charge in [0, 0.05) is 42.2 Å². The molecule has 0 aromatic heterocycles. The highest BCUT2D eigenvalue weighted by Crippen LogP contribution is 2.24. The van der Waals surface area contributed by atoms with Gasteiger partial charge in [0.1, 0.15) is 6.04 Å². The third kappa shape index (κ3) is 8.05. The van der Waals surface area contributed by atoms with Crippen LogP contribution in [0.5, 0.6) is 0 Å². The van der Waals surface area contributed by atoms with Crippen molar-refractivity contribution < 1.29 is 26.8 Å². The lowest BCUT2D eigenvalue weighted by Crippen LogP contribution is -2.47. The molecular weight excluding hydrogens is 523 g/mol. The summed E-state index contributed by atoms with van der Waals surface area (Å²) in [5.41, 5.74) is 0.527. The molecule has 0 bridgehead atoms. The van der Waals surface area contributed by atoms with Crippen molar-refractivity contribution in [1.82, 2.24) is 10.2 Å². The lowest BCUT2D eigenvalue weighted by Gasteiger charge is -2.29. The van der Waals surface area contributed by atoms with Crippen LogP contribution in [-0.4, -0.2) is 50.5 Å². The van der Waals surface area contributed by atoms with Gasteiger partial charge in [-0.3, -0.25) is 13.9 Å². The first-order valence-corrected chi connectivity index (χ1v) is 13.4. The van der Waals surface area contributed by atoms with E-state index in [0.717, 1.165) is 28.8 Å². The number of likely N-dealkylation sites (N-methyl/N-ethyl adjacent to an activating group) is 1. The minimum Gasteiger partial charge on any atom is -0.355 e. The first-order chi connectivity index (χ1) is 16.3. The van der Waals surface area contributed by atoms with E-state index in [9.17, 15) is 26.8 Å². The van der Waals surface area contributed by atoms with Crippen molar-refractivity contribution in [2.75, 3.05) is 23.7 Å². The van der Waals surface area contributed by atoms with Crippen molar-refractivity contribution in [3.05, 3.63) is 63.6 Å². The highest BCUT2D eigenvalue weighted by Gasteiger charge is 2.27. The molecule has 192 valence electrons. The molecule has 0 aliphatic rings. The number of amides is 2. The summed E-state index contributed by atoms with van der Waals surface area (Å²) in [5, 5.41) is 3.43. The van der Waals surface area contributed by atoms with Crippen LogP contribution in [0.4, 0.5) is 14.5 Å². The molecule has 2 aromatic rings. The van der Waals surface area contributed by atoms with Gasteiger partial charge in [0.25, 0.3) is 0 Å². The number of hydrogen-bond donors (Lipinski definition) is 1. The van der Waals surface area contributed by atoms with E-state index in [2.05, 4.69) is 5.32 Å². The van der Waals surface area contributed by atoms with Crippen LogP contribution in [-0.2, 0) is 26.2 Å². The quantitative estimate of drug-likeness (QED) is 0.450. The number of benzene rings is 2. The third-order valence-corrected chi connectivity index (χ3v) is 7.00. The second-order valence-electron chi connectivity index (χ2n) is 7.87. The summed E-state index contributed by atoms with van der Waals surface area (Å²) in [5.74, 6) is -3.05. The van der Waals surface area contributed by atoms with Gasteiger partial charge in [-0.25, -0.2) is 17.2 Å². The smallest absolute Gasteiger partial charge is 0.242 e. The van der Waals surface area contributed by atoms with Crippen molar-refractivity contribution in [2.45, 2.75) is 39.3 Å². The molecule has 0 aliphatic carbocycles. The molecule has 0 radical (unpaired) electrons. The Labute approximate surface area is 214 Å². The zero-order valence-corrected chi connectivity index (χ0v) is 21.9. The Hall–Kier alpha value is -2.43. The largest absolute Gasteiger partial charge is 0.355 e. The van der Waals surface area contributed by atoms with Gasteiger partial charge in [-0.15, -0.1) is 0 Å². The number of anilines is 1. The Balaban J connectivity index is 2.20. The predicted molar refractivity (Wildman–Crippen MR) is 133 cm³/mol. The normalized spacial score (nSPS) is 12.2. The van der Waals surface area contributed by atoms with Crippen LogP contribution in [0, 0.1) is 11.6 Å². The molecular formula is C23H27Cl2F2N3O4S. The second-order valence-corrected chi connectivity index (χ2v) is 10.6. The molecule has 2 rings (SSSR count). The Kier molecular flexibility index (Phi) is 10.3. The predicted octanol–water partition coefficient (Wildman–Crippen LogP) is 4.37. The number of halogens is 4. The number of nitrogens with one attached hydrogen (secondary N) is 1. The second kappa shape index (κ2) is 12.5. The first kappa shape index (κ1) is 28.8. The molecule has 0 fully saturated rings. The van der Waals surface area contributed by atoms with Crippen LogP contribution >= 0.6 is 23.2 Å². The lowest BCUT2D eigenvalue weighted by molar-refractivity contribution is -0.140. The Morgan fingerprint density at radius 2 is 1.77 bits per heavy atom. The van der Waals surface area contributed by atoms with Gasteiger partial charge in [-0.05, 0) is 50.1 Å². The molecule has 2 amide bonds. The minimum absolute atomic E-state index is 0.0338. The number of hydrogen-bond acceptors (Lipinski definition) is 4. The van der Waals surface area contributed by atoms with Crippen LogP contribution in [0.2, 0.25) is 10.0 Å². The molecule has 0 saturated carbocycles. The molecule has 7 nitrogen and oxygen atoms in total. The van der Waals surface area contributed by atoms with Gasteiger partial charge in [0.2, 0.25) is 21.8 Å². The summed E-state index contributed by atoms with van der Waals surface area (Å²) >= 11 is 12.2. The number of carbonyl (C=O) groups excluding carboxylic acids is 2. The zero-order chi connectivity index (χ0) is 26.3. The van der Waals surface area contributed by atoms with E-state index in [0.29, 0.717) is 22.2 Å². The summed E-state index contributed by atoms with van der Waals surface area (Å²) in [6.45, 7) is 3.60. The van der Waals surface area contributed by atoms with E-state index in [-0.39, 0.29) is 37.5 Å². The molecule has 0 spiro atoms. The zero-order valence-electron chi connectivity index (χ0n) is 19.5. The van der Waals surface area contributed by atoms with Crippen molar-refractivity contribution in [3.8, 4) is 0 Å². The topological polar surface area (TPSA) is 86.8 Å². The molecule has 35 heavy (non-hydrogen) atoms. The summed E-state index contributed by atoms with van der Waals surface area (Å²) < 4.78 is 52.3. The fourth-order valence-electron chi connectivity index (χ4n) is 3.38. The van der Waals surface area contributed by atoms with Gasteiger partial charge < -0.3 is 10.2 Å². The average molecular weight is 550 g/mol. The molecule has 1 N–H and O–H groups in total. The van der Waals surface area contributed by atoms with Gasteiger partial charge in [0.05, 0.1) is 11.9 Å². The number of rotatable bonds is 11. The molecule has 0 saturated heterocycles. The summed E-state index contributed by atoms with van der Waals surface area (Å²) in [4.78, 5) is 27.0. The maximum atomic E-state index is 13.7. The monoisotopic (exact) mass is 549 g/mol. The number of carbonyl (C=O) groups is 2. The van der Waals surface area contributed by atoms with Gasteiger partial charge in [-0.2, -0.15) is 0 Å². The first-order valence-electron chi connectivity index (χ1n) is 10.8. The lowest BCUT2D eigenvalue weighted by atomic mass is 10.1. The van der Waals surface area contributed by atoms with Gasteiger partial charge in [0.15, 0.2) is 11.6 Å². The maximum absolute atomic E-state index is 13.7. The van der Waals surface area contributed by atoms with E-state index in [1.165, 1.54) is 11.0 Å². The highest BCUT2D eigenvalue weighted by atomic mass is 35.5. The van der Waals surface area contributed by atoms with Crippen LogP contribution in [0.25, 0.3) is 0 Å². The van der Waals surface area contributed by atoms with E-state index >= 15 is 0 Å². The third-order valence-electron chi connectivity index (χ3n) is 5.22. The van der Waals surface area contributed by atoms with E-state index < -0.39 is 33.6 Å². The SMILES string of the molecule is CCNC(=O)C(C)N(Cc1ccc(Cl)cc1Cl)C(=O)CCCN(c1ccc(F)c(F)c1)S(C)(=O)=O. The van der Waals surface area contributed by atoms with Gasteiger partial charge in [-0.1, -0.05) is 29.3 Å². The number of nitrogens with zero attached hydrogens (tertiary/aromatic N) is 2. The highest BCUT2D eigenvalue weighted by molar-refractivity contribution is 7.92. The van der Waals surface area contributed by atoms with E-state index in [4.69, 9.17) is 23.2 Å². The van der Waals surface area contributed by atoms with Crippen molar-refractivity contribution >= 4 is 50.7 Å². The molecule has 0 heterocycles. The standard InChI is InChI=1S/C23H27Cl2F2N3O4S/c1-4-28-23(32)15(2)29(14-16-7-8-17(24)12-19(16)25)22(31)6-5-11-30(35(3,33)34)18-9-10-20(26)21(27)13-18/h7-10,12-13,15H,4-6,11,14H2,1-3H3,(H,28,32). The molecule has 12 heteroatoms. The molecule has 1 unspecified atom stereocenters. The van der Waals surface area contributed by atoms with Crippen molar-refractivity contribution in [3.63, 3.8) is 0 Å². The average Bonchev–Trinajstić information content (AvgIpc) is 2.77. The molecule has 1 atom stereocenters. The van der Waals surface area contributed by atoms with Crippen molar-refractivity contribution in [1.29, 1.82) is 0 Å². The Morgan fingerprint density at radius 1 is 1.09 bits per heavy atom. The van der Waals surface area contributed by atoms with E-state index in [1.54, 1.807) is 26.0 Å². The van der Waals surface area contributed by atoms with Gasteiger partial charge >= 0.3 is 0 Å². The van der Waals surface area contributed by atoms with E-state index in [1.807, 2.05) is 0 Å². The summed E-state index contributed by atoms with van der Waals surface area (Å²) in [6.07, 6.45) is 0.893. The molecule has 2 aromatic carbocycles. The fourth-order valence-corrected chi connectivity index (χ4v) is 4.81. The summed E-state index contributed by atoms with van der Waals surface area (Å²) in [7, 11) is -3.84. The Bertz CT molecular complexity index is 1180. The van der Waals surface area contributed by atoms with Crippen LogP contribution in [0.15, 0.2) is 36.4 Å². The minimum atomic E-state index is -3.84. The number of sulfonamides is 1. The summed E-state index contributed by atoms with van der Waals surface area (Å²) in [6, 6.07) is 6.74. The Morgan fingerprint density at radius 3 is 2.34 bits per heavy atom. The van der Waals surface area contributed by atoms with Crippen molar-refractivity contribution in [2.24, 2.45) is 0 Å². The molecule has 0 aliphatic heterocycles. The fraction of sp³-hybridized carbons (Fsp3) is 0.391. The van der Waals surface area contributed by atoms with Crippen LogP contribution < -0.4 is 9.62 Å². The van der Waals surface area contributed by atoms with Crippen LogP contribution in [0.1, 0.15) is 32.3 Å². The van der Waals surface area contributed by atoms with Crippen LogP contribution in [0.3, 0.4) is 0 Å².